The van der Waals surface area contributed by atoms with Crippen LogP contribution in [0.4, 0.5) is 0 Å². The molecule has 39 heavy (non-hydrogen) atoms. The van der Waals surface area contributed by atoms with E-state index in [1.54, 1.807) is 0 Å². The molecule has 2 aliphatic rings. The van der Waals surface area contributed by atoms with Crippen molar-refractivity contribution in [3.05, 3.63) is 0 Å². The maximum absolute atomic E-state index is 12.0. The zero-order valence-electron chi connectivity index (χ0n) is 21.8. The average Bonchev–Trinajstić information content (AvgIpc) is 2.93. The van der Waals surface area contributed by atoms with Gasteiger partial charge >= 0.3 is 0 Å². The number of terminal acetylenes is 2. The molecule has 10 atom stereocenters. The first-order chi connectivity index (χ1) is 18.7. The van der Waals surface area contributed by atoms with Gasteiger partial charge in [0.1, 0.15) is 62.0 Å². The van der Waals surface area contributed by atoms with Crippen LogP contribution < -0.4 is 5.32 Å². The lowest BCUT2D eigenvalue weighted by atomic mass is 9.96. The minimum Gasteiger partial charge on any atom is -0.394 e. The van der Waals surface area contributed by atoms with E-state index in [1.807, 2.05) is 0 Å². The van der Waals surface area contributed by atoms with Crippen LogP contribution >= 0.6 is 0 Å². The topological polar surface area (TPSA) is 192 Å². The molecule has 14 nitrogen and oxygen atoms in total. The van der Waals surface area contributed by atoms with Crippen molar-refractivity contribution in [2.75, 3.05) is 47.2 Å². The van der Waals surface area contributed by atoms with E-state index in [9.17, 15) is 30.0 Å². The van der Waals surface area contributed by atoms with Gasteiger partial charge in [-0.05, 0) is 0 Å². The Kier molecular flexibility index (Phi) is 14.2. The van der Waals surface area contributed by atoms with Crippen molar-refractivity contribution in [3.63, 3.8) is 0 Å². The number of aliphatic hydroxyl groups excluding tert-OH is 4. The Labute approximate surface area is 226 Å². The number of amides is 1. The number of nitrogens with one attached hydrogen (secondary N) is 1. The Balaban J connectivity index is 2.12. The lowest BCUT2D eigenvalue weighted by Gasteiger charge is -2.47. The van der Waals surface area contributed by atoms with Crippen molar-refractivity contribution >= 4 is 11.7 Å². The van der Waals surface area contributed by atoms with Crippen LogP contribution in [0, 0.1) is 24.7 Å². The van der Waals surface area contributed by atoms with E-state index in [2.05, 4.69) is 17.2 Å². The Morgan fingerprint density at radius 1 is 0.897 bits per heavy atom. The van der Waals surface area contributed by atoms with Gasteiger partial charge in [-0.25, -0.2) is 0 Å². The Morgan fingerprint density at radius 2 is 1.62 bits per heavy atom. The van der Waals surface area contributed by atoms with Gasteiger partial charge in [0.05, 0.1) is 19.8 Å². The summed E-state index contributed by atoms with van der Waals surface area (Å²) in [6.45, 7) is -1.60. The van der Waals surface area contributed by atoms with Crippen LogP contribution in [0.5, 0.6) is 0 Å². The molecule has 0 aromatic rings. The average molecular weight is 560 g/mol. The monoisotopic (exact) mass is 559 g/mol. The molecule has 0 aromatic heterocycles. The third-order valence-corrected chi connectivity index (χ3v) is 6.12. The van der Waals surface area contributed by atoms with E-state index in [1.165, 1.54) is 14.2 Å². The van der Waals surface area contributed by atoms with Crippen LogP contribution in [0.25, 0.3) is 0 Å². The summed E-state index contributed by atoms with van der Waals surface area (Å²) >= 11 is 0. The van der Waals surface area contributed by atoms with E-state index in [0.717, 1.165) is 0 Å². The first kappa shape index (κ1) is 33.0. The summed E-state index contributed by atoms with van der Waals surface area (Å²) in [5, 5.41) is 44.7. The van der Waals surface area contributed by atoms with Gasteiger partial charge in [-0.15, -0.1) is 18.8 Å². The van der Waals surface area contributed by atoms with E-state index in [0.29, 0.717) is 0 Å². The van der Waals surface area contributed by atoms with Gasteiger partial charge in [-0.1, -0.05) is 5.92 Å². The Morgan fingerprint density at radius 3 is 2.23 bits per heavy atom. The number of ketones is 1. The maximum Gasteiger partial charge on any atom is 0.246 e. The van der Waals surface area contributed by atoms with Gasteiger partial charge in [0, 0.05) is 27.1 Å². The highest BCUT2D eigenvalue weighted by Gasteiger charge is 2.51. The second-order valence-corrected chi connectivity index (χ2v) is 8.79. The highest BCUT2D eigenvalue weighted by Crippen LogP contribution is 2.31. The zero-order chi connectivity index (χ0) is 28.9. The Bertz CT molecular complexity index is 858. The summed E-state index contributed by atoms with van der Waals surface area (Å²) in [6, 6.07) is 0. The minimum atomic E-state index is -1.65. The standard InChI is InChI=1S/C25H37NO13/c1-5-7-8-14(28)11-36-23-20(32)22(15(10-27)37-25(23)34-4)39-24-19(31)18(30)21(33-3)16(38-24)12-35-13-17(29)26-9-6-2/h1-2,15-16,18-25,27,30-32H,7-13H2,3-4H3,(H,26,29). The van der Waals surface area contributed by atoms with E-state index in [4.69, 9.17) is 46.0 Å². The van der Waals surface area contributed by atoms with Crippen LogP contribution in [0.1, 0.15) is 12.8 Å². The van der Waals surface area contributed by atoms with Crippen molar-refractivity contribution in [3.8, 4) is 24.7 Å². The first-order valence-corrected chi connectivity index (χ1v) is 12.2. The molecule has 2 heterocycles. The van der Waals surface area contributed by atoms with Gasteiger partial charge < -0.3 is 58.9 Å². The molecule has 2 fully saturated rings. The molecule has 0 aromatic carbocycles. The highest BCUT2D eigenvalue weighted by atomic mass is 16.7. The van der Waals surface area contributed by atoms with E-state index in [-0.39, 0.29) is 38.4 Å². The number of hydrogen-bond acceptors (Lipinski definition) is 13. The summed E-state index contributed by atoms with van der Waals surface area (Å²) in [4.78, 5) is 23.8. The van der Waals surface area contributed by atoms with Crippen LogP contribution in [-0.2, 0) is 42.7 Å². The fourth-order valence-electron chi connectivity index (χ4n) is 4.12. The predicted octanol–water partition coefficient (Wildman–Crippen LogP) is -3.31. The Hall–Kier alpha value is -2.18. The lowest BCUT2D eigenvalue weighted by Crippen LogP contribution is -2.65. The van der Waals surface area contributed by atoms with Crippen LogP contribution in [0.3, 0.4) is 0 Å². The zero-order valence-corrected chi connectivity index (χ0v) is 21.8. The third kappa shape index (κ3) is 9.18. The van der Waals surface area contributed by atoms with Crippen molar-refractivity contribution in [1.29, 1.82) is 0 Å². The molecule has 220 valence electrons. The second-order valence-electron chi connectivity index (χ2n) is 8.79. The highest BCUT2D eigenvalue weighted by molar-refractivity contribution is 5.79. The molecule has 0 aliphatic carbocycles. The van der Waals surface area contributed by atoms with Crippen molar-refractivity contribution in [2.24, 2.45) is 0 Å². The molecule has 10 unspecified atom stereocenters. The summed E-state index contributed by atoms with van der Waals surface area (Å²) < 4.78 is 38.6. The van der Waals surface area contributed by atoms with Gasteiger partial charge in [-0.3, -0.25) is 9.59 Å². The molecule has 0 radical (unpaired) electrons. The second kappa shape index (κ2) is 16.8. The molecule has 5 N–H and O–H groups in total. The largest absolute Gasteiger partial charge is 0.394 e. The number of rotatable bonds is 15. The predicted molar refractivity (Wildman–Crippen MR) is 131 cm³/mol. The van der Waals surface area contributed by atoms with Crippen LogP contribution in [0.15, 0.2) is 0 Å². The molecule has 2 aliphatic heterocycles. The molecule has 2 saturated heterocycles. The molecule has 0 bridgehead atoms. The molecule has 0 spiro atoms. The van der Waals surface area contributed by atoms with Gasteiger partial charge in [0.25, 0.3) is 0 Å². The number of carbonyl (C=O) groups excluding carboxylic acids is 2. The molecule has 14 heteroatoms. The molecule has 2 rings (SSSR count). The smallest absolute Gasteiger partial charge is 0.246 e. The summed E-state index contributed by atoms with van der Waals surface area (Å²) in [7, 11) is 2.58. The normalized spacial score (nSPS) is 34.6. The first-order valence-electron chi connectivity index (χ1n) is 12.2. The van der Waals surface area contributed by atoms with Gasteiger partial charge in [0.15, 0.2) is 18.4 Å². The molecule has 1 amide bonds. The number of Topliss-reactive ketones (excluding diaryl/α,β-unsaturated/α-hetero) is 1. The minimum absolute atomic E-state index is 0.0230. The number of aliphatic hydroxyl groups is 4. The van der Waals surface area contributed by atoms with Crippen molar-refractivity contribution in [1.82, 2.24) is 5.32 Å². The van der Waals surface area contributed by atoms with Crippen molar-refractivity contribution < 1.29 is 63.2 Å². The van der Waals surface area contributed by atoms with E-state index < -0.39 is 80.5 Å². The number of ether oxygens (including phenoxy) is 7. The fourth-order valence-corrected chi connectivity index (χ4v) is 4.12. The van der Waals surface area contributed by atoms with Gasteiger partial charge in [-0.2, -0.15) is 0 Å². The fraction of sp³-hybridized carbons (Fsp3) is 0.760. The molecule has 0 saturated carbocycles. The number of hydrogen-bond donors (Lipinski definition) is 5. The maximum atomic E-state index is 12.0. The number of carbonyl (C=O) groups is 2. The van der Waals surface area contributed by atoms with Crippen LogP contribution in [-0.4, -0.2) is 141 Å². The van der Waals surface area contributed by atoms with E-state index >= 15 is 0 Å². The quantitative estimate of drug-likeness (QED) is 0.125. The third-order valence-electron chi connectivity index (χ3n) is 6.12. The summed E-state index contributed by atoms with van der Waals surface area (Å²) in [5.41, 5.74) is 0. The molecular formula is C25H37NO13. The van der Waals surface area contributed by atoms with Gasteiger partial charge in [0.2, 0.25) is 5.91 Å². The van der Waals surface area contributed by atoms with Crippen molar-refractivity contribution in [2.45, 2.75) is 74.3 Å². The molecular weight excluding hydrogens is 522 g/mol. The lowest BCUT2D eigenvalue weighted by molar-refractivity contribution is -0.361. The summed E-state index contributed by atoms with van der Waals surface area (Å²) in [5.74, 6) is 3.82. The SMILES string of the molecule is C#CCCC(=O)COC1C(OC)OC(CO)C(OC2OC(COCC(=O)NCC#C)C(OC)C(O)C2O)C1O. The van der Waals surface area contributed by atoms with Crippen LogP contribution in [0.2, 0.25) is 0 Å². The summed E-state index contributed by atoms with van der Waals surface area (Å²) in [6.07, 6.45) is -2.66. The number of methoxy groups -OCH3 is 2.